The fourth-order valence-corrected chi connectivity index (χ4v) is 3.66. The van der Waals surface area contributed by atoms with Gasteiger partial charge in [-0.3, -0.25) is 4.79 Å². The zero-order chi connectivity index (χ0) is 18.0. The third-order valence-electron chi connectivity index (χ3n) is 4.46. The molecule has 0 unspecified atom stereocenters. The minimum atomic E-state index is -0.288. The van der Waals surface area contributed by atoms with Gasteiger partial charge in [-0.05, 0) is 29.4 Å². The molecule has 0 radical (unpaired) electrons. The lowest BCUT2D eigenvalue weighted by Crippen LogP contribution is -2.15. The van der Waals surface area contributed by atoms with E-state index >= 15 is 0 Å². The molecule has 1 aromatic carbocycles. The number of hydrogen-bond donors (Lipinski definition) is 1. The smallest absolute Gasteiger partial charge is 0.219 e. The van der Waals surface area contributed by atoms with Crippen LogP contribution in [0.4, 0.5) is 0 Å². The maximum absolute atomic E-state index is 11.2. The number of rotatable bonds is 7. The molecule has 1 aliphatic carbocycles. The van der Waals surface area contributed by atoms with Gasteiger partial charge < -0.3 is 10.3 Å². The van der Waals surface area contributed by atoms with E-state index in [1.54, 1.807) is 11.8 Å². The minimum absolute atomic E-state index is 0.166. The van der Waals surface area contributed by atoms with E-state index in [0.717, 1.165) is 29.6 Å². The van der Waals surface area contributed by atoms with Crippen LogP contribution in [-0.4, -0.2) is 20.7 Å². The largest absolute Gasteiger partial charge is 0.370 e. The molecule has 1 amide bonds. The SMILES string of the molecule is CC(C)(C)c1ccc(CSc2nnc(C3CC3)n2CCC(N)=O)cc1. The van der Waals surface area contributed by atoms with Crippen LogP contribution in [0.15, 0.2) is 29.4 Å². The molecular formula is C19H26N4OS. The zero-order valence-corrected chi connectivity index (χ0v) is 16.0. The fraction of sp³-hybridized carbons (Fsp3) is 0.526. The van der Waals surface area contributed by atoms with Gasteiger partial charge >= 0.3 is 0 Å². The predicted octanol–water partition coefficient (Wildman–Crippen LogP) is 3.62. The van der Waals surface area contributed by atoms with Crippen molar-refractivity contribution in [2.24, 2.45) is 5.73 Å². The lowest BCUT2D eigenvalue weighted by molar-refractivity contribution is -0.118. The van der Waals surface area contributed by atoms with Crippen LogP contribution in [0.5, 0.6) is 0 Å². The molecule has 0 spiro atoms. The van der Waals surface area contributed by atoms with Crippen molar-refractivity contribution in [1.29, 1.82) is 0 Å². The second-order valence-corrected chi connectivity index (χ2v) is 8.66. The summed E-state index contributed by atoms with van der Waals surface area (Å²) in [5, 5.41) is 9.58. The Morgan fingerprint density at radius 1 is 1.24 bits per heavy atom. The lowest BCUT2D eigenvalue weighted by atomic mass is 9.87. The van der Waals surface area contributed by atoms with Gasteiger partial charge in [0.15, 0.2) is 5.16 Å². The summed E-state index contributed by atoms with van der Waals surface area (Å²) in [5.41, 5.74) is 8.08. The average molecular weight is 359 g/mol. The quantitative estimate of drug-likeness (QED) is 0.767. The molecule has 6 heteroatoms. The van der Waals surface area contributed by atoms with Gasteiger partial charge in [0.2, 0.25) is 5.91 Å². The summed E-state index contributed by atoms with van der Waals surface area (Å²) >= 11 is 1.67. The number of nitrogens with two attached hydrogens (primary N) is 1. The Hall–Kier alpha value is -1.82. The number of amides is 1. The first kappa shape index (κ1) is 18.0. The van der Waals surface area contributed by atoms with E-state index in [9.17, 15) is 4.79 Å². The molecule has 1 aromatic heterocycles. The van der Waals surface area contributed by atoms with Crippen molar-refractivity contribution >= 4 is 17.7 Å². The molecule has 2 aromatic rings. The van der Waals surface area contributed by atoms with E-state index in [1.807, 2.05) is 0 Å². The van der Waals surface area contributed by atoms with Gasteiger partial charge in [0.25, 0.3) is 0 Å². The highest BCUT2D eigenvalue weighted by atomic mass is 32.2. The van der Waals surface area contributed by atoms with Gasteiger partial charge in [0.05, 0.1) is 0 Å². The topological polar surface area (TPSA) is 73.8 Å². The van der Waals surface area contributed by atoms with Crippen LogP contribution < -0.4 is 5.73 Å². The lowest BCUT2D eigenvalue weighted by Gasteiger charge is -2.19. The van der Waals surface area contributed by atoms with Crippen LogP contribution in [0, 0.1) is 0 Å². The average Bonchev–Trinajstić information content (AvgIpc) is 3.31. The van der Waals surface area contributed by atoms with Gasteiger partial charge in [0.1, 0.15) is 5.82 Å². The van der Waals surface area contributed by atoms with Gasteiger partial charge in [-0.1, -0.05) is 56.8 Å². The van der Waals surface area contributed by atoms with Crippen molar-refractivity contribution in [3.63, 3.8) is 0 Å². The molecule has 1 saturated carbocycles. The number of hydrogen-bond acceptors (Lipinski definition) is 4. The zero-order valence-electron chi connectivity index (χ0n) is 15.2. The molecule has 3 rings (SSSR count). The van der Waals surface area contributed by atoms with Crippen molar-refractivity contribution in [2.45, 2.75) is 68.8 Å². The van der Waals surface area contributed by atoms with Crippen molar-refractivity contribution < 1.29 is 4.79 Å². The summed E-state index contributed by atoms with van der Waals surface area (Å²) < 4.78 is 2.08. The normalized spacial score (nSPS) is 14.7. The molecule has 134 valence electrons. The number of nitrogens with zero attached hydrogens (tertiary/aromatic N) is 3. The Labute approximate surface area is 153 Å². The number of primary amides is 1. The number of thioether (sulfide) groups is 1. The predicted molar refractivity (Wildman–Crippen MR) is 101 cm³/mol. The molecule has 0 aliphatic heterocycles. The van der Waals surface area contributed by atoms with Gasteiger partial charge in [-0.15, -0.1) is 10.2 Å². The maximum Gasteiger partial charge on any atom is 0.219 e. The molecule has 25 heavy (non-hydrogen) atoms. The highest BCUT2D eigenvalue weighted by molar-refractivity contribution is 7.98. The standard InChI is InChI=1S/C19H26N4OS/c1-19(2,3)15-8-4-13(5-9-15)12-25-18-22-21-17(14-6-7-14)23(18)11-10-16(20)24/h4-5,8-9,14H,6-7,10-12H2,1-3H3,(H2,20,24). The summed E-state index contributed by atoms with van der Waals surface area (Å²) in [4.78, 5) is 11.2. The van der Waals surface area contributed by atoms with E-state index in [1.165, 1.54) is 11.1 Å². The second kappa shape index (κ2) is 7.20. The monoisotopic (exact) mass is 358 g/mol. The van der Waals surface area contributed by atoms with Crippen molar-refractivity contribution in [3.8, 4) is 0 Å². The van der Waals surface area contributed by atoms with Crippen LogP contribution in [-0.2, 0) is 22.5 Å². The van der Waals surface area contributed by atoms with Crippen molar-refractivity contribution in [2.75, 3.05) is 0 Å². The van der Waals surface area contributed by atoms with E-state index < -0.39 is 0 Å². The van der Waals surface area contributed by atoms with Crippen LogP contribution in [0.3, 0.4) is 0 Å². The number of carbonyl (C=O) groups is 1. The van der Waals surface area contributed by atoms with Crippen LogP contribution >= 0.6 is 11.8 Å². The first-order chi connectivity index (χ1) is 11.8. The van der Waals surface area contributed by atoms with Crippen LogP contribution in [0.1, 0.15) is 62.9 Å². The van der Waals surface area contributed by atoms with Gasteiger partial charge in [0, 0.05) is 24.6 Å². The highest BCUT2D eigenvalue weighted by Gasteiger charge is 2.30. The van der Waals surface area contributed by atoms with Gasteiger partial charge in [-0.25, -0.2) is 0 Å². The fourth-order valence-electron chi connectivity index (χ4n) is 2.73. The summed E-state index contributed by atoms with van der Waals surface area (Å²) in [5.74, 6) is 2.06. The Morgan fingerprint density at radius 2 is 1.92 bits per heavy atom. The maximum atomic E-state index is 11.2. The van der Waals surface area contributed by atoms with E-state index in [0.29, 0.717) is 18.9 Å². The molecular weight excluding hydrogens is 332 g/mol. The molecule has 1 fully saturated rings. The number of aromatic nitrogens is 3. The molecule has 5 nitrogen and oxygen atoms in total. The molecule has 0 atom stereocenters. The molecule has 2 N–H and O–H groups in total. The summed E-state index contributed by atoms with van der Waals surface area (Å²) in [6.45, 7) is 7.23. The summed E-state index contributed by atoms with van der Waals surface area (Å²) in [6, 6.07) is 8.76. The van der Waals surface area contributed by atoms with E-state index in [4.69, 9.17) is 5.73 Å². The molecule has 0 bridgehead atoms. The number of benzene rings is 1. The molecule has 0 saturated heterocycles. The second-order valence-electron chi connectivity index (χ2n) is 7.72. The van der Waals surface area contributed by atoms with E-state index in [-0.39, 0.29) is 11.3 Å². The summed E-state index contributed by atoms with van der Waals surface area (Å²) in [6.07, 6.45) is 2.65. The van der Waals surface area contributed by atoms with Crippen LogP contribution in [0.2, 0.25) is 0 Å². The molecule has 1 aliphatic rings. The van der Waals surface area contributed by atoms with Crippen molar-refractivity contribution in [3.05, 3.63) is 41.2 Å². The first-order valence-corrected chi connectivity index (χ1v) is 9.77. The molecule has 1 heterocycles. The Balaban J connectivity index is 1.69. The summed E-state index contributed by atoms with van der Waals surface area (Å²) in [7, 11) is 0. The third-order valence-corrected chi connectivity index (χ3v) is 5.50. The number of carbonyl (C=O) groups excluding carboxylic acids is 1. The minimum Gasteiger partial charge on any atom is -0.370 e. The van der Waals surface area contributed by atoms with Crippen molar-refractivity contribution in [1.82, 2.24) is 14.8 Å². The Morgan fingerprint density at radius 3 is 2.48 bits per heavy atom. The third kappa shape index (κ3) is 4.63. The van der Waals surface area contributed by atoms with Gasteiger partial charge in [-0.2, -0.15) is 0 Å². The first-order valence-electron chi connectivity index (χ1n) is 8.78. The highest BCUT2D eigenvalue weighted by Crippen LogP contribution is 2.40. The van der Waals surface area contributed by atoms with E-state index in [2.05, 4.69) is 59.8 Å². The Bertz CT molecular complexity index is 742. The Kier molecular flexibility index (Phi) is 5.18. The van der Waals surface area contributed by atoms with Crippen LogP contribution in [0.25, 0.3) is 0 Å².